The van der Waals surface area contributed by atoms with Gasteiger partial charge in [0.15, 0.2) is 11.6 Å². The molecule has 1 aromatic carbocycles. The summed E-state index contributed by atoms with van der Waals surface area (Å²) in [6.45, 7) is 0. The minimum absolute atomic E-state index is 0.00527. The number of likely N-dealkylation sites (N-methyl/N-ethyl adjacent to an activating group) is 1. The third-order valence-electron chi connectivity index (χ3n) is 3.96. The molecule has 2 unspecified atom stereocenters. The van der Waals surface area contributed by atoms with Crippen molar-refractivity contribution < 1.29 is 22.7 Å². The van der Waals surface area contributed by atoms with E-state index in [4.69, 9.17) is 4.74 Å². The fraction of sp³-hybridized carbons (Fsp3) is 0.571. The van der Waals surface area contributed by atoms with Gasteiger partial charge in [0, 0.05) is 7.05 Å². The number of benzene rings is 1. The fourth-order valence-electron chi connectivity index (χ4n) is 2.67. The van der Waals surface area contributed by atoms with E-state index in [1.54, 1.807) is 0 Å². The zero-order valence-corrected chi connectivity index (χ0v) is 12.9. The minimum atomic E-state index is -3.84. The van der Waals surface area contributed by atoms with Crippen LogP contribution in [0.15, 0.2) is 23.1 Å². The van der Waals surface area contributed by atoms with E-state index in [1.807, 2.05) is 0 Å². The first-order valence-electron chi connectivity index (χ1n) is 6.87. The zero-order valence-electron chi connectivity index (χ0n) is 12.1. The molecule has 0 heterocycles. The molecule has 0 radical (unpaired) electrons. The minimum Gasteiger partial charge on any atom is -0.494 e. The number of sulfonamides is 1. The van der Waals surface area contributed by atoms with E-state index in [1.165, 1.54) is 26.3 Å². The van der Waals surface area contributed by atoms with Crippen molar-refractivity contribution in [1.29, 1.82) is 0 Å². The van der Waals surface area contributed by atoms with E-state index in [2.05, 4.69) is 0 Å². The molecule has 0 amide bonds. The first kappa shape index (κ1) is 16.2. The normalized spacial score (nSPS) is 23.3. The van der Waals surface area contributed by atoms with Crippen molar-refractivity contribution in [1.82, 2.24) is 4.31 Å². The van der Waals surface area contributed by atoms with Gasteiger partial charge in [-0.25, -0.2) is 12.8 Å². The fourth-order valence-corrected chi connectivity index (χ4v) is 4.10. The summed E-state index contributed by atoms with van der Waals surface area (Å²) in [6, 6.07) is 3.07. The van der Waals surface area contributed by atoms with Crippen LogP contribution in [-0.2, 0) is 10.0 Å². The Labute approximate surface area is 124 Å². The van der Waals surface area contributed by atoms with E-state index in [0.717, 1.165) is 23.2 Å². The lowest BCUT2D eigenvalue weighted by molar-refractivity contribution is 0.0638. The molecule has 0 saturated heterocycles. The van der Waals surface area contributed by atoms with E-state index in [-0.39, 0.29) is 10.6 Å². The predicted octanol–water partition coefficient (Wildman–Crippen LogP) is 1.76. The van der Waals surface area contributed by atoms with Crippen molar-refractivity contribution in [3.8, 4) is 5.75 Å². The van der Waals surface area contributed by atoms with Gasteiger partial charge in [0.2, 0.25) is 10.0 Å². The molecule has 0 bridgehead atoms. The highest BCUT2D eigenvalue weighted by Crippen LogP contribution is 2.28. The van der Waals surface area contributed by atoms with E-state index in [0.29, 0.717) is 12.8 Å². The molecular formula is C14H20FNO4S. The molecule has 0 spiro atoms. The Morgan fingerprint density at radius 3 is 2.57 bits per heavy atom. The van der Waals surface area contributed by atoms with E-state index in [9.17, 15) is 17.9 Å². The predicted molar refractivity (Wildman–Crippen MR) is 76.2 cm³/mol. The van der Waals surface area contributed by atoms with Crippen LogP contribution in [-0.4, -0.2) is 44.1 Å². The van der Waals surface area contributed by atoms with Crippen molar-refractivity contribution in [3.63, 3.8) is 0 Å². The number of rotatable bonds is 4. The Hall–Kier alpha value is -1.18. The first-order valence-corrected chi connectivity index (χ1v) is 8.31. The van der Waals surface area contributed by atoms with Crippen LogP contribution in [0, 0.1) is 5.82 Å². The average Bonchev–Trinajstić information content (AvgIpc) is 2.47. The zero-order chi connectivity index (χ0) is 15.6. The quantitative estimate of drug-likeness (QED) is 0.919. The molecule has 2 atom stereocenters. The number of hydrogen-bond donors (Lipinski definition) is 1. The summed E-state index contributed by atoms with van der Waals surface area (Å²) < 4.78 is 44.7. The maximum atomic E-state index is 13.7. The Morgan fingerprint density at radius 2 is 2.00 bits per heavy atom. The van der Waals surface area contributed by atoms with Gasteiger partial charge in [0.1, 0.15) is 0 Å². The average molecular weight is 317 g/mol. The molecule has 1 fully saturated rings. The van der Waals surface area contributed by atoms with Crippen LogP contribution in [0.5, 0.6) is 5.75 Å². The van der Waals surface area contributed by atoms with Crippen molar-refractivity contribution in [2.75, 3.05) is 14.2 Å². The highest BCUT2D eigenvalue weighted by Gasteiger charge is 2.34. The second kappa shape index (κ2) is 6.29. The van der Waals surface area contributed by atoms with Crippen LogP contribution in [0.3, 0.4) is 0 Å². The maximum Gasteiger partial charge on any atom is 0.243 e. The van der Waals surface area contributed by atoms with Crippen molar-refractivity contribution in [2.45, 2.75) is 42.7 Å². The SMILES string of the molecule is COc1ccc(S(=O)(=O)N(C)C2CCCCC2O)cc1F. The van der Waals surface area contributed by atoms with Crippen LogP contribution in [0.25, 0.3) is 0 Å². The van der Waals surface area contributed by atoms with E-state index >= 15 is 0 Å². The molecule has 5 nitrogen and oxygen atoms in total. The van der Waals surface area contributed by atoms with Gasteiger partial charge >= 0.3 is 0 Å². The van der Waals surface area contributed by atoms with Crippen LogP contribution >= 0.6 is 0 Å². The number of hydrogen-bond acceptors (Lipinski definition) is 4. The Morgan fingerprint density at radius 1 is 1.33 bits per heavy atom. The van der Waals surface area contributed by atoms with Crippen LogP contribution in [0.1, 0.15) is 25.7 Å². The third-order valence-corrected chi connectivity index (χ3v) is 5.84. The summed E-state index contributed by atoms with van der Waals surface area (Å²) in [5.41, 5.74) is 0. The number of aliphatic hydroxyl groups is 1. The molecule has 2 rings (SSSR count). The second-order valence-electron chi connectivity index (χ2n) is 5.24. The monoisotopic (exact) mass is 317 g/mol. The highest BCUT2D eigenvalue weighted by molar-refractivity contribution is 7.89. The molecule has 118 valence electrons. The Kier molecular flexibility index (Phi) is 4.85. The number of methoxy groups -OCH3 is 1. The van der Waals surface area contributed by atoms with Gasteiger partial charge in [-0.1, -0.05) is 12.8 Å². The molecule has 0 aromatic heterocycles. The molecule has 1 aliphatic carbocycles. The van der Waals surface area contributed by atoms with Gasteiger partial charge in [-0.3, -0.25) is 0 Å². The maximum absolute atomic E-state index is 13.7. The Bertz CT molecular complexity index is 605. The molecule has 1 aliphatic rings. The van der Waals surface area contributed by atoms with Crippen molar-refractivity contribution >= 4 is 10.0 Å². The highest BCUT2D eigenvalue weighted by atomic mass is 32.2. The molecule has 1 saturated carbocycles. The molecule has 7 heteroatoms. The standard InChI is InChI=1S/C14H20FNO4S/c1-16(12-5-3-4-6-13(12)17)21(18,19)10-7-8-14(20-2)11(15)9-10/h7-9,12-13,17H,3-6H2,1-2H3. The second-order valence-corrected chi connectivity index (χ2v) is 7.23. The van der Waals surface area contributed by atoms with Gasteiger partial charge in [0.05, 0.1) is 24.2 Å². The largest absolute Gasteiger partial charge is 0.494 e. The van der Waals surface area contributed by atoms with Crippen LogP contribution in [0.4, 0.5) is 4.39 Å². The summed E-state index contributed by atoms with van der Waals surface area (Å²) >= 11 is 0. The molecule has 21 heavy (non-hydrogen) atoms. The summed E-state index contributed by atoms with van der Waals surface area (Å²) in [4.78, 5) is -0.138. The topological polar surface area (TPSA) is 66.8 Å². The smallest absolute Gasteiger partial charge is 0.243 e. The molecule has 1 N–H and O–H groups in total. The van der Waals surface area contributed by atoms with Gasteiger partial charge < -0.3 is 9.84 Å². The van der Waals surface area contributed by atoms with E-state index < -0.39 is 28.0 Å². The Balaban J connectivity index is 2.30. The number of halogens is 1. The third kappa shape index (κ3) is 3.20. The summed E-state index contributed by atoms with van der Waals surface area (Å²) in [6.07, 6.45) is 2.28. The lowest BCUT2D eigenvalue weighted by atomic mass is 9.93. The molecule has 1 aromatic rings. The van der Waals surface area contributed by atoms with Gasteiger partial charge in [-0.2, -0.15) is 4.31 Å². The summed E-state index contributed by atoms with van der Waals surface area (Å²) in [7, 11) is -1.10. The van der Waals surface area contributed by atoms with Crippen LogP contribution in [0.2, 0.25) is 0 Å². The van der Waals surface area contributed by atoms with Crippen molar-refractivity contribution in [3.05, 3.63) is 24.0 Å². The van der Waals surface area contributed by atoms with Gasteiger partial charge in [-0.05, 0) is 31.0 Å². The number of ether oxygens (including phenoxy) is 1. The van der Waals surface area contributed by atoms with Gasteiger partial charge in [0.25, 0.3) is 0 Å². The first-order chi connectivity index (χ1) is 9.87. The van der Waals surface area contributed by atoms with Gasteiger partial charge in [-0.15, -0.1) is 0 Å². The molecular weight excluding hydrogens is 297 g/mol. The molecule has 0 aliphatic heterocycles. The number of nitrogens with zero attached hydrogens (tertiary/aromatic N) is 1. The number of aliphatic hydroxyl groups excluding tert-OH is 1. The van der Waals surface area contributed by atoms with Crippen LogP contribution < -0.4 is 4.74 Å². The lowest BCUT2D eigenvalue weighted by Crippen LogP contribution is -2.46. The summed E-state index contributed by atoms with van der Waals surface area (Å²) in [5, 5.41) is 9.99. The summed E-state index contributed by atoms with van der Waals surface area (Å²) in [5.74, 6) is -0.731. The van der Waals surface area contributed by atoms with Crippen molar-refractivity contribution in [2.24, 2.45) is 0 Å². The lowest BCUT2D eigenvalue weighted by Gasteiger charge is -2.34.